The lowest BCUT2D eigenvalue weighted by atomic mass is 10.2. The van der Waals surface area contributed by atoms with Crippen LogP contribution in [0.5, 0.6) is 23.1 Å². The first-order valence-electron chi connectivity index (χ1n) is 10.1. The second-order valence-corrected chi connectivity index (χ2v) is 7.91. The molecule has 2 N–H and O–H groups in total. The summed E-state index contributed by atoms with van der Waals surface area (Å²) in [5, 5.41) is 7.30. The van der Waals surface area contributed by atoms with Crippen LogP contribution in [0.3, 0.4) is 0 Å². The van der Waals surface area contributed by atoms with E-state index in [-0.39, 0.29) is 6.03 Å². The van der Waals surface area contributed by atoms with E-state index in [2.05, 4.69) is 36.5 Å². The van der Waals surface area contributed by atoms with Gasteiger partial charge in [0.05, 0.1) is 35.3 Å². The molecule has 0 aliphatic heterocycles. The molecule has 0 spiro atoms. The summed E-state index contributed by atoms with van der Waals surface area (Å²) < 4.78 is 17.2. The molecule has 10 heteroatoms. The molecule has 0 aliphatic carbocycles. The molecule has 3 rings (SSSR count). The number of hydrogen-bond donors (Lipinski definition) is 2. The Labute approximate surface area is 199 Å². The van der Waals surface area contributed by atoms with Gasteiger partial charge in [0, 0.05) is 24.0 Å². The van der Waals surface area contributed by atoms with E-state index in [4.69, 9.17) is 25.8 Å². The molecule has 0 fully saturated rings. The number of ether oxygens (including phenoxy) is 3. The first-order valence-corrected chi connectivity index (χ1v) is 11.6. The molecule has 0 unspecified atom stereocenters. The van der Waals surface area contributed by atoms with Gasteiger partial charge in [-0.05, 0) is 31.0 Å². The SMILES string of the molecule is CCCNC(=O)Nc1ccc(Oc2ncnc3cc(OCCCBr)c(OC)cc23)cc1Cl. The van der Waals surface area contributed by atoms with E-state index in [1.165, 1.54) is 6.33 Å². The molecule has 0 aliphatic rings. The highest BCUT2D eigenvalue weighted by Gasteiger charge is 2.14. The number of halogens is 2. The Morgan fingerprint density at radius 3 is 2.75 bits per heavy atom. The highest BCUT2D eigenvalue weighted by atomic mass is 79.9. The second-order valence-electron chi connectivity index (χ2n) is 6.71. The monoisotopic (exact) mass is 522 g/mol. The maximum absolute atomic E-state index is 11.9. The Morgan fingerprint density at radius 1 is 1.19 bits per heavy atom. The molecule has 0 bridgehead atoms. The molecular formula is C22H24BrClN4O4. The van der Waals surface area contributed by atoms with E-state index in [1.807, 2.05) is 6.92 Å². The minimum Gasteiger partial charge on any atom is -0.493 e. The molecule has 0 radical (unpaired) electrons. The van der Waals surface area contributed by atoms with Crippen molar-refractivity contribution < 1.29 is 19.0 Å². The number of carbonyl (C=O) groups is 1. The highest BCUT2D eigenvalue weighted by molar-refractivity contribution is 9.09. The fraction of sp³-hybridized carbons (Fsp3) is 0.318. The van der Waals surface area contributed by atoms with Gasteiger partial charge in [-0.15, -0.1) is 0 Å². The Hall–Kier alpha value is -2.78. The summed E-state index contributed by atoms with van der Waals surface area (Å²) in [5.74, 6) is 1.97. The Bertz CT molecular complexity index is 1080. The summed E-state index contributed by atoms with van der Waals surface area (Å²) >= 11 is 9.71. The van der Waals surface area contributed by atoms with E-state index < -0.39 is 0 Å². The lowest BCUT2D eigenvalue weighted by Gasteiger charge is -2.14. The molecule has 170 valence electrons. The molecule has 1 heterocycles. The molecular weight excluding hydrogens is 500 g/mol. The lowest BCUT2D eigenvalue weighted by Crippen LogP contribution is -2.29. The standard InChI is InChI=1S/C22H24BrClN4O4/c1-3-8-25-22(29)28-17-6-5-14(10-16(17)24)32-21-15-11-19(30-2)20(31-9-4-7-23)12-18(15)26-13-27-21/h5-6,10-13H,3-4,7-9H2,1-2H3,(H2,25,28,29). The third kappa shape index (κ3) is 6.14. The van der Waals surface area contributed by atoms with Crippen molar-refractivity contribution in [3.63, 3.8) is 0 Å². The van der Waals surface area contributed by atoms with E-state index in [1.54, 1.807) is 37.4 Å². The zero-order valence-electron chi connectivity index (χ0n) is 17.8. The summed E-state index contributed by atoms with van der Waals surface area (Å²) in [6, 6.07) is 8.24. The van der Waals surface area contributed by atoms with Crippen molar-refractivity contribution in [1.29, 1.82) is 0 Å². The van der Waals surface area contributed by atoms with Gasteiger partial charge < -0.3 is 24.8 Å². The summed E-state index contributed by atoms with van der Waals surface area (Å²) in [6.45, 7) is 3.11. The number of methoxy groups -OCH3 is 1. The van der Waals surface area contributed by atoms with Crippen LogP contribution in [-0.4, -0.2) is 41.6 Å². The number of nitrogens with zero attached hydrogens (tertiary/aromatic N) is 2. The minimum absolute atomic E-state index is 0.314. The number of hydrogen-bond acceptors (Lipinski definition) is 6. The number of benzene rings is 2. The van der Waals surface area contributed by atoms with Gasteiger partial charge in [0.25, 0.3) is 0 Å². The number of anilines is 1. The van der Waals surface area contributed by atoms with E-state index >= 15 is 0 Å². The van der Waals surface area contributed by atoms with E-state index in [9.17, 15) is 4.79 Å². The number of fused-ring (bicyclic) bond motifs is 1. The summed E-state index contributed by atoms with van der Waals surface area (Å²) in [6.07, 6.45) is 3.13. The first-order chi connectivity index (χ1) is 15.5. The first kappa shape index (κ1) is 23.9. The highest BCUT2D eigenvalue weighted by Crippen LogP contribution is 2.37. The van der Waals surface area contributed by atoms with Gasteiger partial charge in [0.15, 0.2) is 11.5 Å². The summed E-state index contributed by atoms with van der Waals surface area (Å²) in [7, 11) is 1.57. The number of nitrogens with one attached hydrogen (secondary N) is 2. The van der Waals surface area contributed by atoms with Gasteiger partial charge in [0.1, 0.15) is 12.1 Å². The minimum atomic E-state index is -0.314. The second kappa shape index (κ2) is 11.7. The average molecular weight is 524 g/mol. The number of urea groups is 1. The average Bonchev–Trinajstić information content (AvgIpc) is 2.79. The van der Waals surface area contributed by atoms with E-state index in [0.29, 0.717) is 57.9 Å². The number of amides is 2. The molecule has 1 aromatic heterocycles. The zero-order chi connectivity index (χ0) is 22.9. The molecule has 3 aromatic rings. The fourth-order valence-corrected chi connectivity index (χ4v) is 3.25. The van der Waals surface area contributed by atoms with Gasteiger partial charge in [-0.3, -0.25) is 0 Å². The molecule has 2 aromatic carbocycles. The van der Waals surface area contributed by atoms with Crippen molar-refractivity contribution in [3.8, 4) is 23.1 Å². The predicted octanol–water partition coefficient (Wildman–Crippen LogP) is 5.78. The van der Waals surface area contributed by atoms with Gasteiger partial charge >= 0.3 is 6.03 Å². The van der Waals surface area contributed by atoms with Crippen molar-refractivity contribution in [2.75, 3.05) is 30.9 Å². The largest absolute Gasteiger partial charge is 0.493 e. The molecule has 8 nitrogen and oxygen atoms in total. The maximum atomic E-state index is 11.9. The third-order valence-electron chi connectivity index (χ3n) is 4.36. The number of alkyl halides is 1. The third-order valence-corrected chi connectivity index (χ3v) is 5.23. The summed E-state index contributed by atoms with van der Waals surface area (Å²) in [4.78, 5) is 20.4. The number of rotatable bonds is 10. The van der Waals surface area contributed by atoms with Gasteiger partial charge in [-0.1, -0.05) is 34.5 Å². The van der Waals surface area contributed by atoms with Crippen LogP contribution >= 0.6 is 27.5 Å². The van der Waals surface area contributed by atoms with Crippen LogP contribution in [0.15, 0.2) is 36.7 Å². The van der Waals surface area contributed by atoms with Crippen molar-refractivity contribution in [1.82, 2.24) is 15.3 Å². The van der Waals surface area contributed by atoms with Crippen molar-refractivity contribution >= 4 is 50.2 Å². The van der Waals surface area contributed by atoms with Gasteiger partial charge in [0.2, 0.25) is 5.88 Å². The van der Waals surface area contributed by atoms with Crippen molar-refractivity contribution in [2.45, 2.75) is 19.8 Å². The smallest absolute Gasteiger partial charge is 0.319 e. The van der Waals surface area contributed by atoms with Crippen LogP contribution in [0.25, 0.3) is 10.9 Å². The fourth-order valence-electron chi connectivity index (χ4n) is 2.81. The van der Waals surface area contributed by atoms with Crippen LogP contribution in [0.1, 0.15) is 19.8 Å². The van der Waals surface area contributed by atoms with Crippen LogP contribution in [0.2, 0.25) is 5.02 Å². The van der Waals surface area contributed by atoms with Gasteiger partial charge in [-0.25, -0.2) is 14.8 Å². The molecule has 0 saturated carbocycles. The Balaban J connectivity index is 1.82. The molecule has 2 amide bonds. The quantitative estimate of drug-likeness (QED) is 0.258. The Kier molecular flexibility index (Phi) is 8.75. The predicted molar refractivity (Wildman–Crippen MR) is 129 cm³/mol. The number of carbonyl (C=O) groups excluding carboxylic acids is 1. The van der Waals surface area contributed by atoms with Crippen LogP contribution < -0.4 is 24.8 Å². The molecule has 0 saturated heterocycles. The zero-order valence-corrected chi connectivity index (χ0v) is 20.1. The van der Waals surface area contributed by atoms with Crippen LogP contribution in [-0.2, 0) is 0 Å². The topological polar surface area (TPSA) is 94.6 Å². The van der Waals surface area contributed by atoms with Crippen molar-refractivity contribution in [2.24, 2.45) is 0 Å². The van der Waals surface area contributed by atoms with E-state index in [0.717, 1.165) is 18.2 Å². The molecule has 32 heavy (non-hydrogen) atoms. The van der Waals surface area contributed by atoms with Crippen LogP contribution in [0.4, 0.5) is 10.5 Å². The maximum Gasteiger partial charge on any atom is 0.319 e. The molecule has 0 atom stereocenters. The lowest BCUT2D eigenvalue weighted by molar-refractivity contribution is 0.252. The Morgan fingerprint density at radius 2 is 2.03 bits per heavy atom. The van der Waals surface area contributed by atoms with Crippen molar-refractivity contribution in [3.05, 3.63) is 41.7 Å². The summed E-state index contributed by atoms with van der Waals surface area (Å²) in [5.41, 5.74) is 1.13. The number of aromatic nitrogens is 2. The normalized spacial score (nSPS) is 10.6. The van der Waals surface area contributed by atoms with Gasteiger partial charge in [-0.2, -0.15) is 0 Å². The van der Waals surface area contributed by atoms with Crippen LogP contribution in [0, 0.1) is 0 Å².